The predicted octanol–water partition coefficient (Wildman–Crippen LogP) is 4.24. The van der Waals surface area contributed by atoms with Gasteiger partial charge in [-0.2, -0.15) is 20.1 Å². The summed E-state index contributed by atoms with van der Waals surface area (Å²) in [6.45, 7) is 4.94. The fraction of sp³-hybridized carbons (Fsp3) is 0.360. The number of anilines is 3. The zero-order valence-electron chi connectivity index (χ0n) is 19.7. The maximum absolute atomic E-state index is 13.2. The molecular formula is C25H27BrFN7O2. The SMILES string of the molecule is Fc1ccc(COc2ccc(Br)cc2/C=N/Nc2nc(N3CCCC3)nc(N3CCOCC3)n2)cc1. The van der Waals surface area contributed by atoms with E-state index in [0.29, 0.717) is 43.4 Å². The van der Waals surface area contributed by atoms with E-state index >= 15 is 0 Å². The molecule has 0 spiro atoms. The van der Waals surface area contributed by atoms with Gasteiger partial charge in [-0.15, -0.1) is 0 Å². The molecular weight excluding hydrogens is 529 g/mol. The zero-order chi connectivity index (χ0) is 24.7. The van der Waals surface area contributed by atoms with Crippen molar-refractivity contribution < 1.29 is 13.9 Å². The second-order valence-electron chi connectivity index (χ2n) is 8.52. The van der Waals surface area contributed by atoms with Gasteiger partial charge in [0, 0.05) is 36.2 Å². The topological polar surface area (TPSA) is 88.0 Å². The number of hydrogen-bond donors (Lipinski definition) is 1. The van der Waals surface area contributed by atoms with Crippen LogP contribution in [-0.2, 0) is 11.3 Å². The maximum atomic E-state index is 13.2. The van der Waals surface area contributed by atoms with Crippen LogP contribution in [0, 0.1) is 5.82 Å². The maximum Gasteiger partial charge on any atom is 0.250 e. The molecule has 1 N–H and O–H groups in total. The highest BCUT2D eigenvalue weighted by Crippen LogP contribution is 2.24. The van der Waals surface area contributed by atoms with Crippen LogP contribution >= 0.6 is 15.9 Å². The van der Waals surface area contributed by atoms with Crippen LogP contribution in [0.15, 0.2) is 52.0 Å². The molecule has 3 aromatic rings. The molecule has 0 saturated carbocycles. The van der Waals surface area contributed by atoms with Gasteiger partial charge in [0.25, 0.3) is 0 Å². The summed E-state index contributed by atoms with van der Waals surface area (Å²) in [5, 5.41) is 4.39. The number of ether oxygens (including phenoxy) is 2. The molecule has 0 aliphatic carbocycles. The average molecular weight is 556 g/mol. The van der Waals surface area contributed by atoms with Crippen molar-refractivity contribution in [2.24, 2.45) is 5.10 Å². The lowest BCUT2D eigenvalue weighted by Crippen LogP contribution is -2.38. The number of halogens is 2. The number of nitrogens with one attached hydrogen (secondary N) is 1. The third-order valence-electron chi connectivity index (χ3n) is 5.94. The van der Waals surface area contributed by atoms with Crippen LogP contribution in [-0.4, -0.2) is 60.6 Å². The molecule has 0 bridgehead atoms. The Hall–Kier alpha value is -3.31. The lowest BCUT2D eigenvalue weighted by molar-refractivity contribution is 0.122. The van der Waals surface area contributed by atoms with Gasteiger partial charge in [0.1, 0.15) is 18.2 Å². The Balaban J connectivity index is 1.33. The van der Waals surface area contributed by atoms with Crippen LogP contribution in [0.25, 0.3) is 0 Å². The molecule has 2 aromatic carbocycles. The van der Waals surface area contributed by atoms with Crippen molar-refractivity contribution in [1.82, 2.24) is 15.0 Å². The third kappa shape index (κ3) is 6.27. The minimum atomic E-state index is -0.274. The van der Waals surface area contributed by atoms with E-state index in [0.717, 1.165) is 54.6 Å². The van der Waals surface area contributed by atoms with Gasteiger partial charge in [-0.05, 0) is 48.7 Å². The summed E-state index contributed by atoms with van der Waals surface area (Å²) in [7, 11) is 0. The quantitative estimate of drug-likeness (QED) is 0.326. The lowest BCUT2D eigenvalue weighted by atomic mass is 10.2. The average Bonchev–Trinajstić information content (AvgIpc) is 3.45. The van der Waals surface area contributed by atoms with Crippen molar-refractivity contribution in [3.8, 4) is 5.75 Å². The summed E-state index contributed by atoms with van der Waals surface area (Å²) in [6.07, 6.45) is 3.92. The number of aromatic nitrogens is 3. The third-order valence-corrected chi connectivity index (χ3v) is 6.44. The number of hydrogen-bond acceptors (Lipinski definition) is 9. The highest BCUT2D eigenvalue weighted by atomic mass is 79.9. The number of hydrazone groups is 1. The molecule has 2 aliphatic heterocycles. The highest BCUT2D eigenvalue weighted by molar-refractivity contribution is 9.10. The van der Waals surface area contributed by atoms with Crippen molar-refractivity contribution in [1.29, 1.82) is 0 Å². The van der Waals surface area contributed by atoms with E-state index in [9.17, 15) is 4.39 Å². The van der Waals surface area contributed by atoms with Gasteiger partial charge in [0.05, 0.1) is 19.4 Å². The van der Waals surface area contributed by atoms with Gasteiger partial charge in [-0.25, -0.2) is 9.82 Å². The van der Waals surface area contributed by atoms with Crippen LogP contribution in [0.5, 0.6) is 5.75 Å². The van der Waals surface area contributed by atoms with E-state index in [1.54, 1.807) is 18.3 Å². The van der Waals surface area contributed by atoms with Gasteiger partial charge in [-0.1, -0.05) is 28.1 Å². The monoisotopic (exact) mass is 555 g/mol. The molecule has 0 unspecified atom stereocenters. The Bertz CT molecular complexity index is 1200. The fourth-order valence-corrected chi connectivity index (χ4v) is 4.40. The molecule has 188 valence electrons. The summed E-state index contributed by atoms with van der Waals surface area (Å²) in [5.41, 5.74) is 4.61. The van der Waals surface area contributed by atoms with Crippen LogP contribution < -0.4 is 20.0 Å². The molecule has 3 heterocycles. The van der Waals surface area contributed by atoms with Gasteiger partial charge in [-0.3, -0.25) is 0 Å². The van der Waals surface area contributed by atoms with Crippen LogP contribution in [0.1, 0.15) is 24.0 Å². The van der Waals surface area contributed by atoms with Gasteiger partial charge in [0.15, 0.2) is 0 Å². The van der Waals surface area contributed by atoms with E-state index in [2.05, 4.69) is 46.2 Å². The molecule has 11 heteroatoms. The Morgan fingerprint density at radius 3 is 2.39 bits per heavy atom. The van der Waals surface area contributed by atoms with Gasteiger partial charge >= 0.3 is 0 Å². The Morgan fingerprint density at radius 1 is 0.972 bits per heavy atom. The highest BCUT2D eigenvalue weighted by Gasteiger charge is 2.21. The van der Waals surface area contributed by atoms with Gasteiger partial charge < -0.3 is 19.3 Å². The summed E-state index contributed by atoms with van der Waals surface area (Å²) in [4.78, 5) is 18.2. The minimum Gasteiger partial charge on any atom is -0.488 e. The number of nitrogens with zero attached hydrogens (tertiary/aromatic N) is 6. The Kier molecular flexibility index (Phi) is 7.87. The van der Waals surface area contributed by atoms with Crippen molar-refractivity contribution in [2.45, 2.75) is 19.4 Å². The first-order chi connectivity index (χ1) is 17.6. The first-order valence-corrected chi connectivity index (χ1v) is 12.7. The van der Waals surface area contributed by atoms with Crippen LogP contribution in [0.3, 0.4) is 0 Å². The zero-order valence-corrected chi connectivity index (χ0v) is 21.3. The number of rotatable bonds is 8. The van der Waals surface area contributed by atoms with E-state index in [-0.39, 0.29) is 5.82 Å². The normalized spacial score (nSPS) is 16.1. The van der Waals surface area contributed by atoms with Crippen molar-refractivity contribution in [3.05, 3.63) is 63.9 Å². The molecule has 2 saturated heterocycles. The van der Waals surface area contributed by atoms with Crippen molar-refractivity contribution >= 4 is 40.0 Å². The predicted molar refractivity (Wildman–Crippen MR) is 140 cm³/mol. The van der Waals surface area contributed by atoms with E-state index in [1.165, 1.54) is 12.1 Å². The van der Waals surface area contributed by atoms with Gasteiger partial charge in [0.2, 0.25) is 17.8 Å². The molecule has 2 aliphatic rings. The van der Waals surface area contributed by atoms with Crippen molar-refractivity contribution in [3.63, 3.8) is 0 Å². The second kappa shape index (κ2) is 11.6. The summed E-state index contributed by atoms with van der Waals surface area (Å²) < 4.78 is 25.5. The van der Waals surface area contributed by atoms with E-state index < -0.39 is 0 Å². The molecule has 9 nitrogen and oxygen atoms in total. The molecule has 1 aromatic heterocycles. The molecule has 5 rings (SSSR count). The standard InChI is InChI=1S/C25H27BrFN7O2/c26-20-5-8-22(36-17-18-3-6-21(27)7-4-18)19(15-20)16-28-32-23-29-24(33-9-1-2-10-33)31-25(30-23)34-11-13-35-14-12-34/h3-8,15-16H,1-2,9-14,17H2,(H,29,30,31,32)/b28-16+. The molecule has 0 amide bonds. The summed E-state index contributed by atoms with van der Waals surface area (Å²) >= 11 is 3.50. The van der Waals surface area contributed by atoms with E-state index in [4.69, 9.17) is 14.5 Å². The Morgan fingerprint density at radius 2 is 1.67 bits per heavy atom. The van der Waals surface area contributed by atoms with E-state index in [1.807, 2.05) is 18.2 Å². The molecule has 0 atom stereocenters. The first kappa shape index (κ1) is 24.4. The largest absolute Gasteiger partial charge is 0.488 e. The fourth-order valence-electron chi connectivity index (χ4n) is 4.02. The second-order valence-corrected chi connectivity index (χ2v) is 9.44. The summed E-state index contributed by atoms with van der Waals surface area (Å²) in [6, 6.07) is 11.9. The first-order valence-electron chi connectivity index (χ1n) is 11.9. The molecule has 2 fully saturated rings. The van der Waals surface area contributed by atoms with Crippen molar-refractivity contribution in [2.75, 3.05) is 54.6 Å². The minimum absolute atomic E-state index is 0.274. The molecule has 36 heavy (non-hydrogen) atoms. The number of morpholine rings is 1. The lowest BCUT2D eigenvalue weighted by Gasteiger charge is -2.27. The van der Waals surface area contributed by atoms with Crippen LogP contribution in [0.2, 0.25) is 0 Å². The smallest absolute Gasteiger partial charge is 0.250 e. The van der Waals surface area contributed by atoms with Crippen LogP contribution in [0.4, 0.5) is 22.2 Å². The Labute approximate surface area is 217 Å². The summed E-state index contributed by atoms with van der Waals surface area (Å²) in [5.74, 6) is 2.04. The number of benzene rings is 2. The molecule has 0 radical (unpaired) electrons.